The number of allylic oxidation sites excluding steroid dienone is 1. The van der Waals surface area contributed by atoms with E-state index in [4.69, 9.17) is 5.11 Å². The average Bonchev–Trinajstić information content (AvgIpc) is 1.99. The van der Waals surface area contributed by atoms with Gasteiger partial charge in [-0.05, 0) is 11.6 Å². The van der Waals surface area contributed by atoms with Gasteiger partial charge in [0.1, 0.15) is 5.82 Å². The smallest absolute Gasteiger partial charge is 0.161 e. The van der Waals surface area contributed by atoms with Gasteiger partial charge in [0.05, 0.1) is 5.76 Å². The van der Waals surface area contributed by atoms with Crippen molar-refractivity contribution in [1.82, 2.24) is 0 Å². The van der Waals surface area contributed by atoms with Crippen molar-refractivity contribution in [3.8, 4) is 0 Å². The maximum Gasteiger partial charge on any atom is 0.161 e. The number of aliphatic hydroxyl groups excluding tert-OH is 1. The molecular formula is C9H7F3O. The fraction of sp³-hybridized carbons (Fsp3) is 0.111. The van der Waals surface area contributed by atoms with Crippen LogP contribution in [0.3, 0.4) is 0 Å². The van der Waals surface area contributed by atoms with E-state index in [1.54, 1.807) is 0 Å². The standard InChI is InChI=1S/C9H7F3O/c1-5(13)2-6-3-8(11)9(12)4-7(6)10/h3-4,13H,1-2H2. The van der Waals surface area contributed by atoms with E-state index in [1.165, 1.54) is 0 Å². The van der Waals surface area contributed by atoms with Crippen LogP contribution in [0.1, 0.15) is 5.56 Å². The van der Waals surface area contributed by atoms with Crippen molar-refractivity contribution in [1.29, 1.82) is 0 Å². The quantitative estimate of drug-likeness (QED) is 0.558. The molecule has 0 fully saturated rings. The van der Waals surface area contributed by atoms with Gasteiger partial charge in [-0.15, -0.1) is 0 Å². The Hall–Kier alpha value is -1.45. The van der Waals surface area contributed by atoms with Crippen molar-refractivity contribution in [2.45, 2.75) is 6.42 Å². The van der Waals surface area contributed by atoms with Gasteiger partial charge < -0.3 is 5.11 Å². The first-order valence-corrected chi connectivity index (χ1v) is 3.51. The lowest BCUT2D eigenvalue weighted by Gasteiger charge is -2.02. The highest BCUT2D eigenvalue weighted by atomic mass is 19.2. The maximum atomic E-state index is 12.8. The number of hydrogen-bond donors (Lipinski definition) is 1. The predicted octanol–water partition coefficient (Wildman–Crippen LogP) is 2.72. The van der Waals surface area contributed by atoms with Gasteiger partial charge >= 0.3 is 0 Å². The molecule has 0 radical (unpaired) electrons. The summed E-state index contributed by atoms with van der Waals surface area (Å²) in [5.74, 6) is -3.58. The highest BCUT2D eigenvalue weighted by molar-refractivity contribution is 5.22. The molecule has 0 aliphatic rings. The number of halogens is 3. The fourth-order valence-electron chi connectivity index (χ4n) is 0.919. The summed E-state index contributed by atoms with van der Waals surface area (Å²) < 4.78 is 37.8. The Kier molecular flexibility index (Phi) is 2.60. The van der Waals surface area contributed by atoms with Gasteiger partial charge in [0.2, 0.25) is 0 Å². The van der Waals surface area contributed by atoms with Crippen molar-refractivity contribution in [3.63, 3.8) is 0 Å². The van der Waals surface area contributed by atoms with Crippen LogP contribution < -0.4 is 0 Å². The van der Waals surface area contributed by atoms with Crippen LogP contribution in [-0.4, -0.2) is 5.11 Å². The summed E-state index contributed by atoms with van der Waals surface area (Å²) >= 11 is 0. The Balaban J connectivity index is 3.08. The average molecular weight is 188 g/mol. The Labute approximate surface area is 73.1 Å². The van der Waals surface area contributed by atoms with Crippen LogP contribution in [-0.2, 0) is 6.42 Å². The molecule has 4 heteroatoms. The van der Waals surface area contributed by atoms with Gasteiger partial charge in [-0.2, -0.15) is 0 Å². The first kappa shape index (κ1) is 9.64. The summed E-state index contributed by atoms with van der Waals surface area (Å²) in [7, 11) is 0. The number of benzene rings is 1. The summed E-state index contributed by atoms with van der Waals surface area (Å²) in [6, 6.07) is 1.14. The molecule has 0 unspecified atom stereocenters. The normalized spacial score (nSPS) is 10.1. The third-order valence-electron chi connectivity index (χ3n) is 1.48. The zero-order valence-electron chi connectivity index (χ0n) is 6.65. The Morgan fingerprint density at radius 3 is 2.23 bits per heavy atom. The fourth-order valence-corrected chi connectivity index (χ4v) is 0.919. The van der Waals surface area contributed by atoms with Gasteiger partial charge in [-0.3, -0.25) is 0 Å². The van der Waals surface area contributed by atoms with Crippen molar-refractivity contribution in [2.24, 2.45) is 0 Å². The zero-order valence-corrected chi connectivity index (χ0v) is 6.65. The molecule has 0 saturated carbocycles. The SMILES string of the molecule is C=C(O)Cc1cc(F)c(F)cc1F. The minimum Gasteiger partial charge on any atom is -0.513 e. The largest absolute Gasteiger partial charge is 0.513 e. The molecule has 0 aliphatic carbocycles. The van der Waals surface area contributed by atoms with Gasteiger partial charge in [-0.1, -0.05) is 6.58 Å². The van der Waals surface area contributed by atoms with Crippen LogP contribution in [0.2, 0.25) is 0 Å². The van der Waals surface area contributed by atoms with E-state index >= 15 is 0 Å². The van der Waals surface area contributed by atoms with Gasteiger partial charge in [0.25, 0.3) is 0 Å². The van der Waals surface area contributed by atoms with Crippen LogP contribution in [0.25, 0.3) is 0 Å². The summed E-state index contributed by atoms with van der Waals surface area (Å²) in [4.78, 5) is 0. The van der Waals surface area contributed by atoms with E-state index < -0.39 is 17.5 Å². The number of rotatable bonds is 2. The molecule has 0 spiro atoms. The summed E-state index contributed by atoms with van der Waals surface area (Å²) in [6.07, 6.45) is -0.219. The zero-order chi connectivity index (χ0) is 10.0. The molecule has 1 aromatic carbocycles. The van der Waals surface area contributed by atoms with Crippen LogP contribution in [0.4, 0.5) is 13.2 Å². The first-order chi connectivity index (χ1) is 6.00. The second-order valence-electron chi connectivity index (χ2n) is 2.60. The third kappa shape index (κ3) is 2.24. The predicted molar refractivity (Wildman–Crippen MR) is 41.8 cm³/mol. The minimum absolute atomic E-state index is 0.119. The molecule has 0 aromatic heterocycles. The second-order valence-corrected chi connectivity index (χ2v) is 2.60. The third-order valence-corrected chi connectivity index (χ3v) is 1.48. The minimum atomic E-state index is -1.25. The molecule has 13 heavy (non-hydrogen) atoms. The molecule has 0 bridgehead atoms. The van der Waals surface area contributed by atoms with Crippen molar-refractivity contribution in [3.05, 3.63) is 47.5 Å². The lowest BCUT2D eigenvalue weighted by atomic mass is 10.1. The topological polar surface area (TPSA) is 20.2 Å². The van der Waals surface area contributed by atoms with Gasteiger partial charge in [-0.25, -0.2) is 13.2 Å². The molecule has 0 saturated heterocycles. The molecule has 1 nitrogen and oxygen atoms in total. The molecule has 0 heterocycles. The van der Waals surface area contributed by atoms with Crippen molar-refractivity contribution < 1.29 is 18.3 Å². The Morgan fingerprint density at radius 2 is 1.69 bits per heavy atom. The Morgan fingerprint density at radius 1 is 1.15 bits per heavy atom. The van der Waals surface area contributed by atoms with Crippen LogP contribution in [0.15, 0.2) is 24.5 Å². The second kappa shape index (κ2) is 3.51. The highest BCUT2D eigenvalue weighted by Crippen LogP contribution is 2.15. The lowest BCUT2D eigenvalue weighted by molar-refractivity contribution is 0.397. The van der Waals surface area contributed by atoms with Crippen LogP contribution in [0, 0.1) is 17.5 Å². The van der Waals surface area contributed by atoms with Crippen molar-refractivity contribution in [2.75, 3.05) is 0 Å². The number of aliphatic hydroxyl groups is 1. The first-order valence-electron chi connectivity index (χ1n) is 3.51. The number of hydrogen-bond acceptors (Lipinski definition) is 1. The molecule has 0 aliphatic heterocycles. The van der Waals surface area contributed by atoms with E-state index in [2.05, 4.69) is 6.58 Å². The molecule has 1 rings (SSSR count). The van der Waals surface area contributed by atoms with Crippen molar-refractivity contribution >= 4 is 0 Å². The molecule has 70 valence electrons. The maximum absolute atomic E-state index is 12.8. The monoisotopic (exact) mass is 188 g/mol. The molecule has 0 amide bonds. The van der Waals surface area contributed by atoms with E-state index in [-0.39, 0.29) is 17.7 Å². The van der Waals surface area contributed by atoms with Gasteiger partial charge in [0, 0.05) is 12.5 Å². The van der Waals surface area contributed by atoms with Crippen LogP contribution in [0.5, 0.6) is 0 Å². The summed E-state index contributed by atoms with van der Waals surface area (Å²) in [6.45, 7) is 3.12. The molecule has 0 atom stereocenters. The Bertz CT molecular complexity index is 347. The van der Waals surface area contributed by atoms with E-state index in [9.17, 15) is 13.2 Å². The lowest BCUT2D eigenvalue weighted by Crippen LogP contribution is -1.96. The molecule has 1 aromatic rings. The van der Waals surface area contributed by atoms with Crippen LogP contribution >= 0.6 is 0 Å². The van der Waals surface area contributed by atoms with E-state index in [1.807, 2.05) is 0 Å². The van der Waals surface area contributed by atoms with Gasteiger partial charge in [0.15, 0.2) is 11.6 Å². The highest BCUT2D eigenvalue weighted by Gasteiger charge is 2.09. The summed E-state index contributed by atoms with van der Waals surface area (Å²) in [5, 5.41) is 8.71. The molecular weight excluding hydrogens is 181 g/mol. The molecule has 1 N–H and O–H groups in total. The van der Waals surface area contributed by atoms with E-state index in [0.29, 0.717) is 12.1 Å². The van der Waals surface area contributed by atoms with E-state index in [0.717, 1.165) is 0 Å². The summed E-state index contributed by atoms with van der Waals surface area (Å²) in [5.41, 5.74) is -0.119.